The largest absolute Gasteiger partial charge is 0.476 e. The molecule has 0 bridgehead atoms. The normalized spacial score (nSPS) is 10.3. The van der Waals surface area contributed by atoms with E-state index in [0.717, 1.165) is 11.1 Å². The van der Waals surface area contributed by atoms with E-state index >= 15 is 0 Å². The minimum absolute atomic E-state index is 0.0711. The van der Waals surface area contributed by atoms with Crippen LogP contribution >= 0.6 is 11.3 Å². The average molecular weight is 234 g/mol. The highest BCUT2D eigenvalue weighted by Crippen LogP contribution is 2.28. The first-order valence-electron chi connectivity index (χ1n) is 4.63. The number of thiazole rings is 1. The molecule has 2 aromatic rings. The summed E-state index contributed by atoms with van der Waals surface area (Å²) >= 11 is 1.31. The van der Waals surface area contributed by atoms with Crippen molar-refractivity contribution in [2.45, 2.75) is 6.92 Å². The van der Waals surface area contributed by atoms with E-state index in [0.29, 0.717) is 10.7 Å². The molecule has 1 aromatic carbocycles. The van der Waals surface area contributed by atoms with Crippen molar-refractivity contribution in [2.24, 2.45) is 0 Å². The van der Waals surface area contributed by atoms with Gasteiger partial charge in [0.2, 0.25) is 0 Å². The number of nitrogen functional groups attached to an aromatic ring is 1. The maximum atomic E-state index is 10.7. The molecule has 0 aliphatic heterocycles. The quantitative estimate of drug-likeness (QED) is 0.782. The third-order valence-electron chi connectivity index (χ3n) is 2.22. The lowest BCUT2D eigenvalue weighted by molar-refractivity contribution is 0.0691. The fourth-order valence-electron chi connectivity index (χ4n) is 1.37. The van der Waals surface area contributed by atoms with Crippen molar-refractivity contribution in [1.29, 1.82) is 0 Å². The SMILES string of the molecule is Cc1ccc(N)cc1-c1nc(C(=O)O)cs1. The van der Waals surface area contributed by atoms with E-state index in [9.17, 15) is 4.79 Å². The van der Waals surface area contributed by atoms with Gasteiger partial charge in [0, 0.05) is 16.6 Å². The van der Waals surface area contributed by atoms with Gasteiger partial charge < -0.3 is 10.8 Å². The molecule has 0 spiro atoms. The summed E-state index contributed by atoms with van der Waals surface area (Å²) in [7, 11) is 0. The number of aryl methyl sites for hydroxylation is 1. The fraction of sp³-hybridized carbons (Fsp3) is 0.0909. The molecule has 4 nitrogen and oxygen atoms in total. The summed E-state index contributed by atoms with van der Waals surface area (Å²) in [4.78, 5) is 14.8. The molecular formula is C11H10N2O2S. The van der Waals surface area contributed by atoms with Crippen LogP contribution in [0.25, 0.3) is 10.6 Å². The standard InChI is InChI=1S/C11H10N2O2S/c1-6-2-3-7(12)4-8(6)10-13-9(5-16-10)11(14)15/h2-5H,12H2,1H3,(H,14,15). The zero-order chi connectivity index (χ0) is 11.7. The molecule has 16 heavy (non-hydrogen) atoms. The predicted molar refractivity (Wildman–Crippen MR) is 63.7 cm³/mol. The second kappa shape index (κ2) is 3.94. The molecule has 2 rings (SSSR count). The van der Waals surface area contributed by atoms with Crippen LogP contribution in [-0.4, -0.2) is 16.1 Å². The monoisotopic (exact) mass is 234 g/mol. The molecule has 5 heteroatoms. The molecule has 1 heterocycles. The average Bonchev–Trinajstić information content (AvgIpc) is 2.70. The molecule has 0 amide bonds. The lowest BCUT2D eigenvalue weighted by Gasteiger charge is -2.02. The zero-order valence-corrected chi connectivity index (χ0v) is 9.41. The van der Waals surface area contributed by atoms with Crippen molar-refractivity contribution >= 4 is 23.0 Å². The number of anilines is 1. The number of carbonyl (C=O) groups is 1. The van der Waals surface area contributed by atoms with Crippen molar-refractivity contribution in [3.8, 4) is 10.6 Å². The molecule has 0 fully saturated rings. The lowest BCUT2D eigenvalue weighted by Crippen LogP contribution is -1.96. The van der Waals surface area contributed by atoms with Crippen molar-refractivity contribution in [1.82, 2.24) is 4.98 Å². The van der Waals surface area contributed by atoms with E-state index in [1.165, 1.54) is 16.7 Å². The molecule has 0 saturated carbocycles. The molecule has 0 atom stereocenters. The van der Waals surface area contributed by atoms with Crippen LogP contribution in [0.5, 0.6) is 0 Å². The number of rotatable bonds is 2. The number of aromatic nitrogens is 1. The Labute approximate surface area is 96.4 Å². The Morgan fingerprint density at radius 3 is 2.88 bits per heavy atom. The first-order chi connectivity index (χ1) is 7.58. The Bertz CT molecular complexity index is 549. The highest BCUT2D eigenvalue weighted by molar-refractivity contribution is 7.13. The summed E-state index contributed by atoms with van der Waals surface area (Å²) in [6.45, 7) is 1.94. The Hall–Kier alpha value is -1.88. The van der Waals surface area contributed by atoms with Crippen LogP contribution in [0.1, 0.15) is 16.1 Å². The van der Waals surface area contributed by atoms with Crippen LogP contribution in [0.15, 0.2) is 23.6 Å². The number of nitrogens with zero attached hydrogens (tertiary/aromatic N) is 1. The Morgan fingerprint density at radius 1 is 1.50 bits per heavy atom. The summed E-state index contributed by atoms with van der Waals surface area (Å²) in [5.41, 5.74) is 8.32. The van der Waals surface area contributed by atoms with Gasteiger partial charge in [-0.15, -0.1) is 11.3 Å². The van der Waals surface area contributed by atoms with Crippen LogP contribution in [0.3, 0.4) is 0 Å². The highest BCUT2D eigenvalue weighted by Gasteiger charge is 2.11. The van der Waals surface area contributed by atoms with Gasteiger partial charge in [0.25, 0.3) is 0 Å². The Morgan fingerprint density at radius 2 is 2.25 bits per heavy atom. The number of hydrogen-bond acceptors (Lipinski definition) is 4. The molecular weight excluding hydrogens is 224 g/mol. The molecule has 0 aliphatic rings. The van der Waals surface area contributed by atoms with Gasteiger partial charge in [0.15, 0.2) is 5.69 Å². The van der Waals surface area contributed by atoms with Gasteiger partial charge >= 0.3 is 5.97 Å². The van der Waals surface area contributed by atoms with E-state index in [1.54, 1.807) is 6.07 Å². The van der Waals surface area contributed by atoms with Crippen LogP contribution in [0, 0.1) is 6.92 Å². The Balaban J connectivity index is 2.50. The topological polar surface area (TPSA) is 76.2 Å². The van der Waals surface area contributed by atoms with Gasteiger partial charge in [0.1, 0.15) is 5.01 Å². The van der Waals surface area contributed by atoms with Gasteiger partial charge in [-0.05, 0) is 24.6 Å². The summed E-state index contributed by atoms with van der Waals surface area (Å²) in [6, 6.07) is 5.51. The molecule has 0 saturated heterocycles. The van der Waals surface area contributed by atoms with Gasteiger partial charge in [-0.2, -0.15) is 0 Å². The summed E-state index contributed by atoms with van der Waals surface area (Å²) < 4.78 is 0. The van der Waals surface area contributed by atoms with Crippen LogP contribution in [-0.2, 0) is 0 Å². The third-order valence-corrected chi connectivity index (χ3v) is 3.09. The van der Waals surface area contributed by atoms with E-state index in [1.807, 2.05) is 19.1 Å². The zero-order valence-electron chi connectivity index (χ0n) is 8.60. The van der Waals surface area contributed by atoms with Gasteiger partial charge in [-0.3, -0.25) is 0 Å². The Kier molecular flexibility index (Phi) is 2.62. The molecule has 82 valence electrons. The molecule has 0 radical (unpaired) electrons. The molecule has 0 aliphatic carbocycles. The van der Waals surface area contributed by atoms with E-state index in [-0.39, 0.29) is 5.69 Å². The van der Waals surface area contributed by atoms with Gasteiger partial charge in [-0.1, -0.05) is 6.07 Å². The van der Waals surface area contributed by atoms with E-state index in [4.69, 9.17) is 10.8 Å². The number of hydrogen-bond donors (Lipinski definition) is 2. The first-order valence-corrected chi connectivity index (χ1v) is 5.51. The molecule has 1 aromatic heterocycles. The number of carboxylic acids is 1. The maximum absolute atomic E-state index is 10.7. The maximum Gasteiger partial charge on any atom is 0.355 e. The van der Waals surface area contributed by atoms with E-state index in [2.05, 4.69) is 4.98 Å². The van der Waals surface area contributed by atoms with Crippen molar-refractivity contribution < 1.29 is 9.90 Å². The van der Waals surface area contributed by atoms with Crippen molar-refractivity contribution in [3.05, 3.63) is 34.8 Å². The predicted octanol–water partition coefficient (Wildman–Crippen LogP) is 2.40. The third kappa shape index (κ3) is 1.90. The number of benzene rings is 1. The number of nitrogens with two attached hydrogens (primary N) is 1. The van der Waals surface area contributed by atoms with Crippen LogP contribution < -0.4 is 5.73 Å². The second-order valence-electron chi connectivity index (χ2n) is 3.42. The minimum Gasteiger partial charge on any atom is -0.476 e. The smallest absolute Gasteiger partial charge is 0.355 e. The van der Waals surface area contributed by atoms with Crippen molar-refractivity contribution in [2.75, 3.05) is 5.73 Å². The lowest BCUT2D eigenvalue weighted by atomic mass is 10.1. The first kappa shape index (κ1) is 10.6. The number of aromatic carboxylic acids is 1. The molecule has 3 N–H and O–H groups in total. The molecule has 0 unspecified atom stereocenters. The fourth-order valence-corrected chi connectivity index (χ4v) is 2.24. The minimum atomic E-state index is -1.01. The van der Waals surface area contributed by atoms with Gasteiger partial charge in [0.05, 0.1) is 0 Å². The summed E-state index contributed by atoms with van der Waals surface area (Å²) in [6.07, 6.45) is 0. The van der Waals surface area contributed by atoms with Crippen LogP contribution in [0.4, 0.5) is 5.69 Å². The van der Waals surface area contributed by atoms with Crippen LogP contribution in [0.2, 0.25) is 0 Å². The van der Waals surface area contributed by atoms with Gasteiger partial charge in [-0.25, -0.2) is 9.78 Å². The second-order valence-corrected chi connectivity index (χ2v) is 4.28. The summed E-state index contributed by atoms with van der Waals surface area (Å²) in [5, 5.41) is 11.0. The summed E-state index contributed by atoms with van der Waals surface area (Å²) in [5.74, 6) is -1.01. The highest BCUT2D eigenvalue weighted by atomic mass is 32.1. The number of carboxylic acid groups (broad SMARTS) is 1. The van der Waals surface area contributed by atoms with E-state index < -0.39 is 5.97 Å². The van der Waals surface area contributed by atoms with Crippen molar-refractivity contribution in [3.63, 3.8) is 0 Å².